The molecule has 4 rings (SSSR count). The number of unbranched alkanes of at least 4 members (excludes halogenated alkanes) is 1. The minimum absolute atomic E-state index is 0.114. The van der Waals surface area contributed by atoms with Gasteiger partial charge in [-0.3, -0.25) is 4.90 Å². The van der Waals surface area contributed by atoms with Gasteiger partial charge in [0.25, 0.3) is 5.95 Å². The number of carbonyl (C=O) groups is 3. The molecule has 21 nitrogen and oxygen atoms in total. The number of hydrogen-bond acceptors (Lipinski definition) is 13. The first kappa shape index (κ1) is 51.3. The molecule has 354 valence electrons. The van der Waals surface area contributed by atoms with Gasteiger partial charge in [0, 0.05) is 93.7 Å². The Morgan fingerprint density at radius 1 is 0.672 bits per heavy atom. The number of benzene rings is 2. The molecular formula is C42H66ClN13O8. The highest BCUT2D eigenvalue weighted by Gasteiger charge is 2.19. The zero-order valence-corrected chi connectivity index (χ0v) is 37.6. The molecular weight excluding hydrogens is 850 g/mol. The number of halogens is 1. The fraction of sp³-hybridized carbons (Fsp3) is 0.571. The standard InChI is InChI=1S/C42H66ClN13O8/c1-2-20-64-31-51-42(59)47-11-4-3-10-46-40(57)48-12-21-60-25-26-61-22-13-49-41(58)50-14-23-62-27-28-63-24-19-55-15-17-56(18-16-55)34-7-5-6-32(29-34)37-35-30-33(43)8-9-36(35)52-39(53-37)54-38(44)45/h5-9,29-30H,2-4,10-28,31H2,1H3,(H2,46,48,57)(H2,47,51,59)(H2,49,50,58)(H4,44,45,52,53,54). The maximum atomic E-state index is 12.0. The topological polar surface area (TPSA) is 266 Å². The number of guanidine groups is 1. The molecule has 0 atom stereocenters. The number of nitrogens with two attached hydrogens (primary N) is 2. The Balaban J connectivity index is 0.918. The lowest BCUT2D eigenvalue weighted by molar-refractivity contribution is 0.0393. The zero-order chi connectivity index (χ0) is 45.6. The molecule has 0 spiro atoms. The Morgan fingerprint density at radius 2 is 1.25 bits per heavy atom. The van der Waals surface area contributed by atoms with Crippen molar-refractivity contribution in [2.45, 2.75) is 26.2 Å². The van der Waals surface area contributed by atoms with Gasteiger partial charge in [-0.05, 0) is 49.6 Å². The van der Waals surface area contributed by atoms with E-state index in [1.54, 1.807) is 6.07 Å². The summed E-state index contributed by atoms with van der Waals surface area (Å²) in [5, 5.41) is 17.7. The van der Waals surface area contributed by atoms with Crippen LogP contribution < -0.4 is 48.3 Å². The number of hydrogen-bond donors (Lipinski definition) is 8. The van der Waals surface area contributed by atoms with Gasteiger partial charge in [-0.2, -0.15) is 4.99 Å². The second-order valence-electron chi connectivity index (χ2n) is 14.5. The zero-order valence-electron chi connectivity index (χ0n) is 36.8. The van der Waals surface area contributed by atoms with E-state index in [-0.39, 0.29) is 36.7 Å². The number of piperazine rings is 1. The molecule has 0 saturated carbocycles. The summed E-state index contributed by atoms with van der Waals surface area (Å²) < 4.78 is 27.5. The molecule has 1 saturated heterocycles. The molecule has 0 radical (unpaired) electrons. The molecule has 1 aliphatic heterocycles. The summed E-state index contributed by atoms with van der Waals surface area (Å²) in [7, 11) is 0. The van der Waals surface area contributed by atoms with Crippen molar-refractivity contribution < 1.29 is 38.1 Å². The maximum absolute atomic E-state index is 12.0. The Kier molecular flexibility index (Phi) is 24.7. The molecule has 1 aromatic heterocycles. The van der Waals surface area contributed by atoms with Crippen LogP contribution >= 0.6 is 11.6 Å². The van der Waals surface area contributed by atoms with Crippen molar-refractivity contribution in [3.05, 3.63) is 47.5 Å². The van der Waals surface area contributed by atoms with Crippen LogP contribution in [0.2, 0.25) is 5.02 Å². The second-order valence-corrected chi connectivity index (χ2v) is 14.9. The van der Waals surface area contributed by atoms with Crippen LogP contribution in [0.5, 0.6) is 0 Å². The van der Waals surface area contributed by atoms with Gasteiger partial charge < -0.3 is 72.0 Å². The Hall–Kier alpha value is -5.29. The molecule has 2 heterocycles. The van der Waals surface area contributed by atoms with E-state index in [1.165, 1.54) is 0 Å². The van der Waals surface area contributed by atoms with E-state index in [0.29, 0.717) is 108 Å². The molecule has 0 bridgehead atoms. The van der Waals surface area contributed by atoms with Crippen LogP contribution in [0.4, 0.5) is 26.0 Å². The van der Waals surface area contributed by atoms with E-state index in [2.05, 4.69) is 68.8 Å². The number of urea groups is 3. The molecule has 64 heavy (non-hydrogen) atoms. The number of fused-ring (bicyclic) bond motifs is 1. The summed E-state index contributed by atoms with van der Waals surface area (Å²) in [6.45, 7) is 12.5. The first-order valence-corrected chi connectivity index (χ1v) is 22.2. The van der Waals surface area contributed by atoms with E-state index >= 15 is 0 Å². The number of anilines is 1. The summed E-state index contributed by atoms with van der Waals surface area (Å²) in [5.41, 5.74) is 14.6. The van der Waals surface area contributed by atoms with Gasteiger partial charge in [-0.15, -0.1) is 0 Å². The van der Waals surface area contributed by atoms with Crippen molar-refractivity contribution in [2.75, 3.05) is 137 Å². The largest absolute Gasteiger partial charge is 0.378 e. The molecule has 0 aliphatic carbocycles. The Labute approximate surface area is 380 Å². The van der Waals surface area contributed by atoms with Crippen LogP contribution in [0.1, 0.15) is 26.2 Å². The second kappa shape index (κ2) is 30.7. The van der Waals surface area contributed by atoms with Gasteiger partial charge in [0.1, 0.15) is 6.73 Å². The van der Waals surface area contributed by atoms with Crippen LogP contribution in [-0.2, 0) is 23.7 Å². The average Bonchev–Trinajstić information content (AvgIpc) is 3.29. The summed E-state index contributed by atoms with van der Waals surface area (Å²) in [5.74, 6) is 0.0748. The number of nitrogens with zero attached hydrogens (tertiary/aromatic N) is 5. The predicted molar refractivity (Wildman–Crippen MR) is 247 cm³/mol. The number of amides is 6. The third-order valence-electron chi connectivity index (χ3n) is 9.48. The number of aliphatic imine (C=N–C) groups is 1. The van der Waals surface area contributed by atoms with Gasteiger partial charge in [-0.1, -0.05) is 30.7 Å². The fourth-order valence-electron chi connectivity index (χ4n) is 6.28. The third kappa shape index (κ3) is 20.9. The number of rotatable bonds is 30. The van der Waals surface area contributed by atoms with E-state index in [0.717, 1.165) is 68.6 Å². The van der Waals surface area contributed by atoms with Crippen molar-refractivity contribution in [3.63, 3.8) is 0 Å². The maximum Gasteiger partial charge on any atom is 0.316 e. The molecule has 0 unspecified atom stereocenters. The van der Waals surface area contributed by atoms with Gasteiger partial charge in [-0.25, -0.2) is 24.4 Å². The van der Waals surface area contributed by atoms with Gasteiger partial charge in [0.05, 0.1) is 64.1 Å². The number of ether oxygens (including phenoxy) is 5. The minimum atomic E-state index is -0.299. The lowest BCUT2D eigenvalue weighted by atomic mass is 10.1. The van der Waals surface area contributed by atoms with Crippen LogP contribution in [0.3, 0.4) is 0 Å². The SMILES string of the molecule is CCCOCNC(=O)NCCCCNC(=O)NCCOCCOCCNC(=O)NCCOCCOCCN1CCN(c2cccc(-c3nc(N=C(N)N)nc4ccc(Cl)cc34)c2)CC1. The summed E-state index contributed by atoms with van der Waals surface area (Å²) in [6, 6.07) is 12.9. The minimum Gasteiger partial charge on any atom is -0.378 e. The number of carbonyl (C=O) groups excluding carboxylic acids is 3. The lowest BCUT2D eigenvalue weighted by Crippen LogP contribution is -2.47. The third-order valence-corrected chi connectivity index (χ3v) is 9.72. The van der Waals surface area contributed by atoms with Crippen molar-refractivity contribution in [1.29, 1.82) is 0 Å². The smallest absolute Gasteiger partial charge is 0.316 e. The highest BCUT2D eigenvalue weighted by molar-refractivity contribution is 6.31. The highest BCUT2D eigenvalue weighted by atomic mass is 35.5. The van der Waals surface area contributed by atoms with Gasteiger partial charge in [0.2, 0.25) is 0 Å². The van der Waals surface area contributed by atoms with Crippen molar-refractivity contribution in [1.82, 2.24) is 46.8 Å². The normalized spacial score (nSPS) is 12.8. The fourth-order valence-corrected chi connectivity index (χ4v) is 6.45. The Bertz CT molecular complexity index is 1870. The van der Waals surface area contributed by atoms with Crippen molar-refractivity contribution in [3.8, 4) is 11.3 Å². The first-order chi connectivity index (χ1) is 31.2. The summed E-state index contributed by atoms with van der Waals surface area (Å²) in [4.78, 5) is 53.4. The van der Waals surface area contributed by atoms with E-state index in [9.17, 15) is 14.4 Å². The average molecular weight is 917 g/mol. The van der Waals surface area contributed by atoms with Gasteiger partial charge in [0.15, 0.2) is 5.96 Å². The summed E-state index contributed by atoms with van der Waals surface area (Å²) in [6.07, 6.45) is 2.36. The molecule has 2 aromatic carbocycles. The summed E-state index contributed by atoms with van der Waals surface area (Å²) >= 11 is 6.33. The molecule has 3 aromatic rings. The van der Waals surface area contributed by atoms with Crippen LogP contribution in [0.15, 0.2) is 47.5 Å². The number of nitrogens with one attached hydrogen (secondary N) is 6. The van der Waals surface area contributed by atoms with Crippen molar-refractivity contribution in [2.24, 2.45) is 16.5 Å². The first-order valence-electron chi connectivity index (χ1n) is 21.8. The molecule has 22 heteroatoms. The molecule has 6 amide bonds. The lowest BCUT2D eigenvalue weighted by Gasteiger charge is -2.36. The molecule has 10 N–H and O–H groups in total. The highest BCUT2D eigenvalue weighted by Crippen LogP contribution is 2.32. The quantitative estimate of drug-likeness (QED) is 0.0206. The number of aromatic nitrogens is 2. The van der Waals surface area contributed by atoms with Crippen LogP contribution in [-0.4, -0.2) is 171 Å². The van der Waals surface area contributed by atoms with Gasteiger partial charge >= 0.3 is 18.1 Å². The van der Waals surface area contributed by atoms with Crippen LogP contribution in [0, 0.1) is 0 Å². The monoisotopic (exact) mass is 915 g/mol. The van der Waals surface area contributed by atoms with E-state index < -0.39 is 0 Å². The molecule has 1 aliphatic rings. The van der Waals surface area contributed by atoms with E-state index in [4.69, 9.17) is 46.8 Å². The Morgan fingerprint density at radius 3 is 1.84 bits per heavy atom. The van der Waals surface area contributed by atoms with Crippen LogP contribution in [0.25, 0.3) is 22.2 Å². The molecule has 1 fully saturated rings. The van der Waals surface area contributed by atoms with Crippen molar-refractivity contribution >= 4 is 58.2 Å². The predicted octanol–water partition coefficient (Wildman–Crippen LogP) is 2.11. The van der Waals surface area contributed by atoms with E-state index in [1.807, 2.05) is 31.2 Å².